The lowest BCUT2D eigenvalue weighted by molar-refractivity contribution is -0.360. The number of phosphoric ester groups is 1. The number of rotatable bonds is 61. The van der Waals surface area contributed by atoms with Gasteiger partial charge in [0.25, 0.3) is 0 Å². The van der Waals surface area contributed by atoms with E-state index in [0.717, 1.165) is 89.9 Å². The van der Waals surface area contributed by atoms with E-state index in [1.807, 2.05) is 0 Å². The van der Waals surface area contributed by atoms with Crippen molar-refractivity contribution in [1.82, 2.24) is 0 Å². The van der Waals surface area contributed by atoms with Crippen LogP contribution < -0.4 is 0 Å². The van der Waals surface area contributed by atoms with Crippen LogP contribution in [0.15, 0.2) is 12.2 Å². The molecule has 0 aromatic rings. The minimum atomic E-state index is -5.69. The molecule has 3 aliphatic rings. The summed E-state index contributed by atoms with van der Waals surface area (Å²) >= 11 is 0. The standard InChI is InChI=1S/C74H137O24P/c1-4-7-10-13-16-19-22-25-27-28-29-32-34-36-39-42-45-48-58(76)90-52-55(93-60(78)50-47-44-41-38-35-30-24-21-18-15-12-9-6-3)53-92-99(88,89)98-72-70(96-73-68(86)63(81)61(79)56(51-75)94-73)66(84)65(83)67(85)71(72)97-74-69(87)64(82)62(80)57(95-74)54-91-59(77)49-46-43-40-37-33-31-26-23-20-17-14-11-8-5-2/h31,33,55-57,61-75,79-87H,4-30,32,34-54H2,1-3H3,(H,88,89)/b33-31-. The highest BCUT2D eigenvalue weighted by Gasteiger charge is 2.58. The van der Waals surface area contributed by atoms with Crippen molar-refractivity contribution in [2.45, 2.75) is 414 Å². The summed E-state index contributed by atoms with van der Waals surface area (Å²) in [5.41, 5.74) is 0. The number of hydrogen-bond donors (Lipinski definition) is 11. The van der Waals surface area contributed by atoms with Crippen LogP contribution in [0.4, 0.5) is 0 Å². The maximum Gasteiger partial charge on any atom is 0.472 e. The van der Waals surface area contributed by atoms with Gasteiger partial charge in [0.2, 0.25) is 0 Å². The number of ether oxygens (including phenoxy) is 7. The SMILES string of the molecule is CCCCCCCCC/C=C\CCCCCC(=O)OCC1OC(OC2C(O)C(O)C(O)C(OC3OC(CO)C(O)C(O)C3O)C2OP(=O)(O)OCC(COC(=O)CCCCCCCCCCCCCCCCCCC)OC(=O)CCCCCCCCCCCCCCC)C(O)C(O)C1O. The fourth-order valence-electron chi connectivity index (χ4n) is 12.9. The van der Waals surface area contributed by atoms with Crippen molar-refractivity contribution >= 4 is 25.7 Å². The van der Waals surface area contributed by atoms with Gasteiger partial charge in [-0.15, -0.1) is 0 Å². The van der Waals surface area contributed by atoms with Crippen LogP contribution in [-0.4, -0.2) is 204 Å². The fourth-order valence-corrected chi connectivity index (χ4v) is 13.9. The molecule has 0 spiro atoms. The van der Waals surface area contributed by atoms with Crippen molar-refractivity contribution in [1.29, 1.82) is 0 Å². The maximum atomic E-state index is 14.3. The second-order valence-electron chi connectivity index (χ2n) is 28.1. The first kappa shape index (κ1) is 90.9. The number of hydrogen-bond acceptors (Lipinski definition) is 23. The summed E-state index contributed by atoms with van der Waals surface area (Å²) < 4.78 is 65.1. The molecule has 99 heavy (non-hydrogen) atoms. The minimum absolute atomic E-state index is 0.00968. The number of phosphoric acid groups is 1. The Morgan fingerprint density at radius 3 is 1.10 bits per heavy atom. The van der Waals surface area contributed by atoms with Gasteiger partial charge in [-0.3, -0.25) is 23.4 Å². The first-order chi connectivity index (χ1) is 47.8. The average Bonchev–Trinajstić information content (AvgIpc) is 0.762. The molecule has 24 nitrogen and oxygen atoms in total. The van der Waals surface area contributed by atoms with Gasteiger partial charge in [-0.05, 0) is 44.9 Å². The second kappa shape index (κ2) is 56.1. The molecule has 11 N–H and O–H groups in total. The van der Waals surface area contributed by atoms with E-state index in [1.54, 1.807) is 0 Å². The molecule has 0 aromatic carbocycles. The van der Waals surface area contributed by atoms with E-state index in [1.165, 1.54) is 161 Å². The van der Waals surface area contributed by atoms with E-state index in [-0.39, 0.29) is 19.3 Å². The lowest BCUT2D eigenvalue weighted by Crippen LogP contribution is -2.69. The van der Waals surface area contributed by atoms with Gasteiger partial charge in [0.15, 0.2) is 18.7 Å². The Labute approximate surface area is 592 Å². The third kappa shape index (κ3) is 39.0. The predicted molar refractivity (Wildman–Crippen MR) is 375 cm³/mol. The van der Waals surface area contributed by atoms with Gasteiger partial charge in [-0.2, -0.15) is 0 Å². The summed E-state index contributed by atoms with van der Waals surface area (Å²) in [5.74, 6) is -1.99. The van der Waals surface area contributed by atoms with E-state index in [9.17, 15) is 74.9 Å². The molecule has 3 fully saturated rings. The Morgan fingerprint density at radius 2 is 0.707 bits per heavy atom. The molecule has 0 bridgehead atoms. The lowest BCUT2D eigenvalue weighted by Gasteiger charge is -2.49. The maximum absolute atomic E-state index is 14.3. The smallest absolute Gasteiger partial charge is 0.463 e. The molecule has 25 heteroatoms. The van der Waals surface area contributed by atoms with Crippen molar-refractivity contribution in [3.63, 3.8) is 0 Å². The van der Waals surface area contributed by atoms with Gasteiger partial charge < -0.3 is 89.1 Å². The monoisotopic (exact) mass is 1440 g/mol. The highest BCUT2D eigenvalue weighted by Crippen LogP contribution is 2.49. The Balaban J connectivity index is 1.72. The molecule has 18 unspecified atom stereocenters. The molecule has 2 heterocycles. The molecule has 1 saturated carbocycles. The minimum Gasteiger partial charge on any atom is -0.463 e. The van der Waals surface area contributed by atoms with E-state index < -0.39 is 156 Å². The van der Waals surface area contributed by atoms with Crippen LogP contribution in [0.5, 0.6) is 0 Å². The highest BCUT2D eigenvalue weighted by atomic mass is 31.2. The van der Waals surface area contributed by atoms with E-state index in [0.29, 0.717) is 19.3 Å². The molecule has 0 radical (unpaired) electrons. The van der Waals surface area contributed by atoms with Crippen LogP contribution in [0, 0.1) is 0 Å². The van der Waals surface area contributed by atoms with Gasteiger partial charge in [0, 0.05) is 19.3 Å². The number of aliphatic hydroxyl groups is 10. The Hall–Kier alpha value is -2.30. The summed E-state index contributed by atoms with van der Waals surface area (Å²) in [6.07, 6.45) is 15.5. The van der Waals surface area contributed by atoms with Crippen molar-refractivity contribution in [2.75, 3.05) is 26.4 Å². The summed E-state index contributed by atoms with van der Waals surface area (Å²) in [7, 11) is -5.69. The predicted octanol–water partition coefficient (Wildman–Crippen LogP) is 11.1. The van der Waals surface area contributed by atoms with Crippen LogP contribution in [0.3, 0.4) is 0 Å². The largest absolute Gasteiger partial charge is 0.472 e. The van der Waals surface area contributed by atoms with Crippen LogP contribution in [-0.2, 0) is 61.2 Å². The van der Waals surface area contributed by atoms with Gasteiger partial charge >= 0.3 is 25.7 Å². The molecular formula is C74H137O24P. The van der Waals surface area contributed by atoms with Crippen molar-refractivity contribution in [2.24, 2.45) is 0 Å². The zero-order valence-electron chi connectivity index (χ0n) is 60.8. The van der Waals surface area contributed by atoms with Gasteiger partial charge in [0.1, 0.15) is 98.7 Å². The van der Waals surface area contributed by atoms with Crippen molar-refractivity contribution in [3.05, 3.63) is 12.2 Å². The molecule has 0 amide bonds. The van der Waals surface area contributed by atoms with E-state index >= 15 is 0 Å². The number of allylic oxidation sites excluding steroid dienone is 2. The number of esters is 3. The second-order valence-corrected chi connectivity index (χ2v) is 29.5. The van der Waals surface area contributed by atoms with Gasteiger partial charge in [-0.25, -0.2) is 4.57 Å². The summed E-state index contributed by atoms with van der Waals surface area (Å²) in [5, 5.41) is 110. The summed E-state index contributed by atoms with van der Waals surface area (Å²) in [6, 6.07) is 0. The van der Waals surface area contributed by atoms with Gasteiger partial charge in [0.05, 0.1) is 13.2 Å². The van der Waals surface area contributed by atoms with Crippen LogP contribution >= 0.6 is 7.82 Å². The van der Waals surface area contributed by atoms with Crippen LogP contribution in [0.25, 0.3) is 0 Å². The normalized spacial score (nSPS) is 27.5. The van der Waals surface area contributed by atoms with E-state index in [2.05, 4.69) is 32.9 Å². The molecule has 3 rings (SSSR count). The van der Waals surface area contributed by atoms with E-state index in [4.69, 9.17) is 42.2 Å². The van der Waals surface area contributed by atoms with Crippen LogP contribution in [0.2, 0.25) is 0 Å². The van der Waals surface area contributed by atoms with Gasteiger partial charge in [-0.1, -0.05) is 258 Å². The molecule has 2 aliphatic heterocycles. The van der Waals surface area contributed by atoms with Crippen molar-refractivity contribution in [3.8, 4) is 0 Å². The third-order valence-corrected chi connectivity index (χ3v) is 20.3. The quantitative estimate of drug-likeness (QED) is 0.00886. The first-order valence-corrected chi connectivity index (χ1v) is 40.5. The topological polar surface area (TPSA) is 374 Å². The molecule has 1 aliphatic carbocycles. The first-order valence-electron chi connectivity index (χ1n) is 39.0. The van der Waals surface area contributed by atoms with Crippen molar-refractivity contribution < 1.29 is 117 Å². The Morgan fingerprint density at radius 1 is 0.384 bits per heavy atom. The highest BCUT2D eigenvalue weighted by molar-refractivity contribution is 7.47. The molecular weight excluding hydrogens is 1300 g/mol. The number of unbranched alkanes of at least 4 members (excludes halogenated alkanes) is 38. The zero-order chi connectivity index (χ0) is 72.5. The number of carbonyl (C=O) groups excluding carboxylic acids is 3. The van der Waals surface area contributed by atoms with Crippen LogP contribution in [0.1, 0.15) is 310 Å². The zero-order valence-corrected chi connectivity index (χ0v) is 61.7. The third-order valence-electron chi connectivity index (χ3n) is 19.3. The lowest BCUT2D eigenvalue weighted by atomic mass is 9.84. The Kier molecular flexibility index (Phi) is 51.5. The fraction of sp³-hybridized carbons (Fsp3) is 0.932. The molecule has 0 aromatic heterocycles. The molecule has 18 atom stereocenters. The average molecular weight is 1440 g/mol. The Bertz CT molecular complexity index is 2090. The number of carbonyl (C=O) groups is 3. The molecule has 2 saturated heterocycles. The molecule has 582 valence electrons. The summed E-state index contributed by atoms with van der Waals surface area (Å²) in [4.78, 5) is 51.0. The summed E-state index contributed by atoms with van der Waals surface area (Å²) in [6.45, 7) is 3.46. The number of aliphatic hydroxyl groups excluding tert-OH is 10.